The molecule has 1 rings (SSSR count). The monoisotopic (exact) mass is 294 g/mol. The van der Waals surface area contributed by atoms with Crippen LogP contribution in [0.5, 0.6) is 5.75 Å². The molecular formula is C16H22O5. The molecule has 0 saturated heterocycles. The Bertz CT molecular complexity index is 481. The number of carbonyl (C=O) groups is 2. The number of hydrogen-bond donors (Lipinski definition) is 0. The van der Waals surface area contributed by atoms with E-state index in [1.54, 1.807) is 18.2 Å². The Balaban J connectivity index is 3.05. The number of para-hydroxylation sites is 1. The highest BCUT2D eigenvalue weighted by atomic mass is 16.5. The van der Waals surface area contributed by atoms with Crippen molar-refractivity contribution >= 4 is 11.9 Å². The van der Waals surface area contributed by atoms with Gasteiger partial charge >= 0.3 is 11.9 Å². The lowest BCUT2D eigenvalue weighted by Gasteiger charge is -2.18. The molecule has 0 bridgehead atoms. The van der Waals surface area contributed by atoms with Crippen LogP contribution in [0.1, 0.15) is 31.7 Å². The first kappa shape index (κ1) is 17.0. The molecular weight excluding hydrogens is 272 g/mol. The fourth-order valence-electron chi connectivity index (χ4n) is 1.87. The van der Waals surface area contributed by atoms with Gasteiger partial charge in [0.25, 0.3) is 0 Å². The summed E-state index contributed by atoms with van der Waals surface area (Å²) in [7, 11) is 2.59. The number of ether oxygens (including phenoxy) is 3. The summed E-state index contributed by atoms with van der Waals surface area (Å²) in [6.45, 7) is 4.60. The second-order valence-electron chi connectivity index (χ2n) is 5.10. The molecule has 0 saturated carbocycles. The van der Waals surface area contributed by atoms with E-state index in [9.17, 15) is 9.59 Å². The molecule has 0 amide bonds. The normalized spacial score (nSPS) is 11.9. The molecule has 1 aromatic rings. The molecule has 0 aliphatic rings. The van der Waals surface area contributed by atoms with Crippen molar-refractivity contribution in [3.63, 3.8) is 0 Å². The third-order valence-corrected chi connectivity index (χ3v) is 2.95. The van der Waals surface area contributed by atoms with E-state index in [1.807, 2.05) is 19.9 Å². The predicted octanol–water partition coefficient (Wildman–Crippen LogP) is 2.54. The fourth-order valence-corrected chi connectivity index (χ4v) is 1.87. The average molecular weight is 294 g/mol. The van der Waals surface area contributed by atoms with Crippen molar-refractivity contribution in [2.45, 2.75) is 26.2 Å². The first-order valence-corrected chi connectivity index (χ1v) is 6.86. The smallest absolute Gasteiger partial charge is 0.313 e. The van der Waals surface area contributed by atoms with E-state index in [0.717, 1.165) is 0 Å². The Hall–Kier alpha value is -2.04. The summed E-state index contributed by atoms with van der Waals surface area (Å²) >= 11 is 0. The number of hydrogen-bond acceptors (Lipinski definition) is 5. The lowest BCUT2D eigenvalue weighted by molar-refractivity contribution is -0.149. The van der Waals surface area contributed by atoms with Gasteiger partial charge in [0.15, 0.2) is 0 Å². The predicted molar refractivity (Wildman–Crippen MR) is 78.2 cm³/mol. The summed E-state index contributed by atoms with van der Waals surface area (Å²) in [5.74, 6) is -0.739. The number of methoxy groups -OCH3 is 2. The average Bonchev–Trinajstić information content (AvgIpc) is 2.49. The SMILES string of the molecule is COC(=O)CC(C(=O)OC)c1ccccc1OCC(C)C. The Morgan fingerprint density at radius 3 is 2.33 bits per heavy atom. The second-order valence-corrected chi connectivity index (χ2v) is 5.10. The third-order valence-electron chi connectivity index (χ3n) is 2.95. The first-order chi connectivity index (χ1) is 9.99. The Labute approximate surface area is 125 Å². The van der Waals surface area contributed by atoms with Crippen LogP contribution in [-0.4, -0.2) is 32.8 Å². The summed E-state index contributed by atoms with van der Waals surface area (Å²) in [5, 5.41) is 0. The van der Waals surface area contributed by atoms with Gasteiger partial charge in [-0.25, -0.2) is 0 Å². The largest absolute Gasteiger partial charge is 0.493 e. The van der Waals surface area contributed by atoms with Crippen molar-refractivity contribution in [3.05, 3.63) is 29.8 Å². The van der Waals surface area contributed by atoms with Crippen molar-refractivity contribution in [3.8, 4) is 5.75 Å². The molecule has 0 N–H and O–H groups in total. The Morgan fingerprint density at radius 1 is 1.10 bits per heavy atom. The van der Waals surface area contributed by atoms with Gasteiger partial charge in [0, 0.05) is 5.56 Å². The molecule has 0 aliphatic carbocycles. The Morgan fingerprint density at radius 2 is 1.76 bits per heavy atom. The van der Waals surface area contributed by atoms with Crippen LogP contribution in [0.3, 0.4) is 0 Å². The van der Waals surface area contributed by atoms with E-state index >= 15 is 0 Å². The minimum Gasteiger partial charge on any atom is -0.493 e. The van der Waals surface area contributed by atoms with Crippen molar-refractivity contribution in [1.29, 1.82) is 0 Å². The van der Waals surface area contributed by atoms with E-state index < -0.39 is 17.9 Å². The zero-order chi connectivity index (χ0) is 15.8. The second kappa shape index (κ2) is 8.29. The molecule has 0 aromatic heterocycles. The Kier molecular flexibility index (Phi) is 6.72. The van der Waals surface area contributed by atoms with Crippen LogP contribution >= 0.6 is 0 Å². The molecule has 1 unspecified atom stereocenters. The molecule has 1 atom stereocenters. The molecule has 1 aromatic carbocycles. The van der Waals surface area contributed by atoms with E-state index in [4.69, 9.17) is 9.47 Å². The van der Waals surface area contributed by atoms with Gasteiger partial charge in [-0.15, -0.1) is 0 Å². The quantitative estimate of drug-likeness (QED) is 0.723. The molecule has 116 valence electrons. The summed E-state index contributed by atoms with van der Waals surface area (Å²) in [4.78, 5) is 23.5. The van der Waals surface area contributed by atoms with Gasteiger partial charge in [-0.3, -0.25) is 9.59 Å². The maximum absolute atomic E-state index is 12.0. The van der Waals surface area contributed by atoms with Crippen molar-refractivity contribution in [2.24, 2.45) is 5.92 Å². The van der Waals surface area contributed by atoms with Gasteiger partial charge in [-0.1, -0.05) is 32.0 Å². The molecule has 0 fully saturated rings. The zero-order valence-electron chi connectivity index (χ0n) is 12.9. The van der Waals surface area contributed by atoms with Crippen LogP contribution in [0.4, 0.5) is 0 Å². The van der Waals surface area contributed by atoms with Crippen LogP contribution in [-0.2, 0) is 19.1 Å². The fraction of sp³-hybridized carbons (Fsp3) is 0.500. The molecule has 0 heterocycles. The van der Waals surface area contributed by atoms with Crippen molar-refractivity contribution < 1.29 is 23.8 Å². The lowest BCUT2D eigenvalue weighted by Crippen LogP contribution is -2.20. The van der Waals surface area contributed by atoms with E-state index in [-0.39, 0.29) is 6.42 Å². The topological polar surface area (TPSA) is 61.8 Å². The van der Waals surface area contributed by atoms with E-state index in [0.29, 0.717) is 23.8 Å². The maximum atomic E-state index is 12.0. The van der Waals surface area contributed by atoms with Crippen LogP contribution in [0.2, 0.25) is 0 Å². The number of carbonyl (C=O) groups excluding carboxylic acids is 2. The lowest BCUT2D eigenvalue weighted by atomic mass is 9.95. The van der Waals surface area contributed by atoms with Crippen molar-refractivity contribution in [1.82, 2.24) is 0 Å². The van der Waals surface area contributed by atoms with Crippen LogP contribution in [0.25, 0.3) is 0 Å². The highest BCUT2D eigenvalue weighted by Gasteiger charge is 2.28. The maximum Gasteiger partial charge on any atom is 0.313 e. The molecule has 0 radical (unpaired) electrons. The van der Waals surface area contributed by atoms with Crippen LogP contribution < -0.4 is 4.74 Å². The van der Waals surface area contributed by atoms with Gasteiger partial charge < -0.3 is 14.2 Å². The van der Waals surface area contributed by atoms with Crippen LogP contribution in [0, 0.1) is 5.92 Å². The summed E-state index contributed by atoms with van der Waals surface area (Å²) in [5.41, 5.74) is 0.635. The summed E-state index contributed by atoms with van der Waals surface area (Å²) in [6.07, 6.45) is -0.0781. The van der Waals surface area contributed by atoms with Gasteiger partial charge in [0.05, 0.1) is 33.2 Å². The number of rotatable bonds is 7. The van der Waals surface area contributed by atoms with Crippen molar-refractivity contribution in [2.75, 3.05) is 20.8 Å². The highest BCUT2D eigenvalue weighted by Crippen LogP contribution is 2.30. The minimum absolute atomic E-state index is 0.0781. The van der Waals surface area contributed by atoms with Gasteiger partial charge in [-0.2, -0.15) is 0 Å². The molecule has 5 heteroatoms. The zero-order valence-corrected chi connectivity index (χ0v) is 12.9. The standard InChI is InChI=1S/C16H22O5/c1-11(2)10-21-14-8-6-5-7-12(14)13(16(18)20-4)9-15(17)19-3/h5-8,11,13H,9-10H2,1-4H3. The number of esters is 2. The van der Waals surface area contributed by atoms with Gasteiger partial charge in [0.2, 0.25) is 0 Å². The van der Waals surface area contributed by atoms with Gasteiger partial charge in [-0.05, 0) is 12.0 Å². The van der Waals surface area contributed by atoms with E-state index in [1.165, 1.54) is 14.2 Å². The molecule has 5 nitrogen and oxygen atoms in total. The molecule has 0 aliphatic heterocycles. The summed E-state index contributed by atoms with van der Waals surface area (Å²) < 4.78 is 15.2. The third kappa shape index (κ3) is 5.10. The van der Waals surface area contributed by atoms with E-state index in [2.05, 4.69) is 4.74 Å². The molecule has 0 spiro atoms. The number of benzene rings is 1. The molecule has 21 heavy (non-hydrogen) atoms. The highest BCUT2D eigenvalue weighted by molar-refractivity contribution is 5.85. The first-order valence-electron chi connectivity index (χ1n) is 6.86. The summed E-state index contributed by atoms with van der Waals surface area (Å²) in [6, 6.07) is 7.17. The van der Waals surface area contributed by atoms with Crippen LogP contribution in [0.15, 0.2) is 24.3 Å². The van der Waals surface area contributed by atoms with Gasteiger partial charge in [0.1, 0.15) is 5.75 Å². The minimum atomic E-state index is -0.731.